The van der Waals surface area contributed by atoms with E-state index < -0.39 is 0 Å². The van der Waals surface area contributed by atoms with Crippen LogP contribution in [0.2, 0.25) is 0 Å². The van der Waals surface area contributed by atoms with E-state index in [0.29, 0.717) is 10.8 Å². The normalized spacial score (nSPS) is 21.9. The zero-order chi connectivity index (χ0) is 11.9. The van der Waals surface area contributed by atoms with Gasteiger partial charge in [-0.15, -0.1) is 0 Å². The number of hydrogen-bond acceptors (Lipinski definition) is 3. The summed E-state index contributed by atoms with van der Waals surface area (Å²) in [5.41, 5.74) is 0. The third kappa shape index (κ3) is 4.64. The first-order chi connectivity index (χ1) is 7.72. The molecule has 0 radical (unpaired) electrons. The van der Waals surface area contributed by atoms with Crippen LogP contribution >= 0.6 is 11.8 Å². The van der Waals surface area contributed by atoms with Crippen LogP contribution < -0.4 is 5.32 Å². The average Bonchev–Trinajstić information content (AvgIpc) is 2.29. The van der Waals surface area contributed by atoms with Gasteiger partial charge < -0.3 is 10.1 Å². The van der Waals surface area contributed by atoms with E-state index in [4.69, 9.17) is 4.74 Å². The van der Waals surface area contributed by atoms with Gasteiger partial charge in [0.05, 0.1) is 0 Å². The lowest BCUT2D eigenvalue weighted by Gasteiger charge is -2.37. The van der Waals surface area contributed by atoms with Gasteiger partial charge in [-0.05, 0) is 31.9 Å². The second-order valence-corrected chi connectivity index (χ2v) is 6.53. The summed E-state index contributed by atoms with van der Waals surface area (Å²) in [4.78, 5) is 0. The molecular weight excluding hydrogens is 218 g/mol. The first-order valence-electron chi connectivity index (χ1n) is 6.67. The zero-order valence-electron chi connectivity index (χ0n) is 11.1. The van der Waals surface area contributed by atoms with Crippen molar-refractivity contribution in [3.05, 3.63) is 0 Å². The molecule has 96 valence electrons. The SMILES string of the molecule is CCCC(C)NCC1(SCC)CCOCC1. The second-order valence-electron chi connectivity index (χ2n) is 4.80. The first kappa shape index (κ1) is 14.3. The van der Waals surface area contributed by atoms with Crippen molar-refractivity contribution in [2.24, 2.45) is 0 Å². The van der Waals surface area contributed by atoms with Crippen LogP contribution in [0.3, 0.4) is 0 Å². The molecule has 1 rings (SSSR count). The predicted octanol–water partition coefficient (Wildman–Crippen LogP) is 3.07. The van der Waals surface area contributed by atoms with E-state index in [1.807, 2.05) is 0 Å². The smallest absolute Gasteiger partial charge is 0.0479 e. The Morgan fingerprint density at radius 2 is 2.00 bits per heavy atom. The van der Waals surface area contributed by atoms with Crippen molar-refractivity contribution >= 4 is 11.8 Å². The van der Waals surface area contributed by atoms with E-state index >= 15 is 0 Å². The lowest BCUT2D eigenvalue weighted by Crippen LogP contribution is -2.45. The number of hydrogen-bond donors (Lipinski definition) is 1. The quantitative estimate of drug-likeness (QED) is 0.745. The van der Waals surface area contributed by atoms with Crippen LogP contribution in [0.25, 0.3) is 0 Å². The van der Waals surface area contributed by atoms with Gasteiger partial charge in [0.25, 0.3) is 0 Å². The van der Waals surface area contributed by atoms with E-state index in [0.717, 1.165) is 19.8 Å². The molecule has 1 aliphatic rings. The molecule has 0 amide bonds. The Morgan fingerprint density at radius 1 is 1.31 bits per heavy atom. The molecule has 1 fully saturated rings. The Labute approximate surface area is 105 Å². The van der Waals surface area contributed by atoms with Gasteiger partial charge in [0.15, 0.2) is 0 Å². The fourth-order valence-electron chi connectivity index (χ4n) is 2.32. The van der Waals surface area contributed by atoms with Crippen molar-refractivity contribution in [1.29, 1.82) is 0 Å². The van der Waals surface area contributed by atoms with Crippen LogP contribution in [0.1, 0.15) is 46.5 Å². The molecular formula is C13H27NOS. The van der Waals surface area contributed by atoms with E-state index in [1.54, 1.807) is 0 Å². The van der Waals surface area contributed by atoms with E-state index in [-0.39, 0.29) is 0 Å². The molecule has 0 saturated carbocycles. The van der Waals surface area contributed by atoms with Gasteiger partial charge in [0.1, 0.15) is 0 Å². The van der Waals surface area contributed by atoms with Crippen LogP contribution in [0.5, 0.6) is 0 Å². The molecule has 2 nitrogen and oxygen atoms in total. The van der Waals surface area contributed by atoms with Crippen LogP contribution in [-0.2, 0) is 4.74 Å². The molecule has 0 bridgehead atoms. The molecule has 16 heavy (non-hydrogen) atoms. The number of rotatable bonds is 7. The van der Waals surface area contributed by atoms with Gasteiger partial charge in [0, 0.05) is 30.5 Å². The molecule has 0 aromatic rings. The van der Waals surface area contributed by atoms with E-state index in [1.165, 1.54) is 31.4 Å². The number of nitrogens with one attached hydrogen (secondary N) is 1. The summed E-state index contributed by atoms with van der Waals surface area (Å²) in [6.07, 6.45) is 4.96. The Balaban J connectivity index is 2.37. The third-order valence-corrected chi connectivity index (χ3v) is 4.80. The highest BCUT2D eigenvalue weighted by Gasteiger charge is 2.32. The van der Waals surface area contributed by atoms with Crippen molar-refractivity contribution < 1.29 is 4.74 Å². The minimum absolute atomic E-state index is 0.439. The molecule has 1 unspecified atom stereocenters. The molecule has 0 aliphatic carbocycles. The van der Waals surface area contributed by atoms with Crippen LogP contribution in [-0.4, -0.2) is 36.3 Å². The lowest BCUT2D eigenvalue weighted by atomic mass is 9.98. The number of thioether (sulfide) groups is 1. The minimum Gasteiger partial charge on any atom is -0.381 e. The fourth-order valence-corrected chi connectivity index (χ4v) is 3.57. The van der Waals surface area contributed by atoms with Gasteiger partial charge >= 0.3 is 0 Å². The molecule has 0 aromatic carbocycles. The summed E-state index contributed by atoms with van der Waals surface area (Å²) in [7, 11) is 0. The lowest BCUT2D eigenvalue weighted by molar-refractivity contribution is 0.0765. The van der Waals surface area contributed by atoms with Gasteiger partial charge in [-0.25, -0.2) is 0 Å². The van der Waals surface area contributed by atoms with Crippen molar-refractivity contribution in [1.82, 2.24) is 5.32 Å². The summed E-state index contributed by atoms with van der Waals surface area (Å²) in [5, 5.41) is 3.70. The summed E-state index contributed by atoms with van der Waals surface area (Å²) >= 11 is 2.12. The van der Waals surface area contributed by atoms with Gasteiger partial charge in [-0.1, -0.05) is 20.3 Å². The molecule has 0 aromatic heterocycles. The van der Waals surface area contributed by atoms with Crippen molar-refractivity contribution in [2.75, 3.05) is 25.5 Å². The molecule has 1 N–H and O–H groups in total. The average molecular weight is 245 g/mol. The molecule has 0 spiro atoms. The van der Waals surface area contributed by atoms with Gasteiger partial charge in [-0.3, -0.25) is 0 Å². The predicted molar refractivity (Wildman–Crippen MR) is 73.3 cm³/mol. The third-order valence-electron chi connectivity index (χ3n) is 3.35. The van der Waals surface area contributed by atoms with Gasteiger partial charge in [-0.2, -0.15) is 11.8 Å². The maximum atomic E-state index is 5.48. The van der Waals surface area contributed by atoms with Crippen molar-refractivity contribution in [2.45, 2.75) is 57.2 Å². The molecule has 1 aliphatic heterocycles. The van der Waals surface area contributed by atoms with Crippen LogP contribution in [0, 0.1) is 0 Å². The Hall–Kier alpha value is 0.270. The highest BCUT2D eigenvalue weighted by molar-refractivity contribution is 8.00. The summed E-state index contributed by atoms with van der Waals surface area (Å²) in [5.74, 6) is 1.21. The highest BCUT2D eigenvalue weighted by Crippen LogP contribution is 2.34. The topological polar surface area (TPSA) is 21.3 Å². The fraction of sp³-hybridized carbons (Fsp3) is 1.00. The Bertz CT molecular complexity index is 175. The summed E-state index contributed by atoms with van der Waals surface area (Å²) in [6.45, 7) is 9.84. The molecule has 1 heterocycles. The van der Waals surface area contributed by atoms with Crippen LogP contribution in [0.4, 0.5) is 0 Å². The molecule has 1 saturated heterocycles. The van der Waals surface area contributed by atoms with Crippen molar-refractivity contribution in [3.63, 3.8) is 0 Å². The maximum absolute atomic E-state index is 5.48. The van der Waals surface area contributed by atoms with Gasteiger partial charge in [0.2, 0.25) is 0 Å². The zero-order valence-corrected chi connectivity index (χ0v) is 11.9. The standard InChI is InChI=1S/C13H27NOS/c1-4-6-12(3)14-11-13(16-5-2)7-9-15-10-8-13/h12,14H,4-11H2,1-3H3. The highest BCUT2D eigenvalue weighted by atomic mass is 32.2. The molecule has 1 atom stereocenters. The maximum Gasteiger partial charge on any atom is 0.0479 e. The van der Waals surface area contributed by atoms with Crippen LogP contribution in [0.15, 0.2) is 0 Å². The summed E-state index contributed by atoms with van der Waals surface area (Å²) < 4.78 is 5.92. The summed E-state index contributed by atoms with van der Waals surface area (Å²) in [6, 6.07) is 0.655. The number of ether oxygens (including phenoxy) is 1. The molecule has 3 heteroatoms. The largest absolute Gasteiger partial charge is 0.381 e. The van der Waals surface area contributed by atoms with Crippen molar-refractivity contribution in [3.8, 4) is 0 Å². The first-order valence-corrected chi connectivity index (χ1v) is 7.66. The van der Waals surface area contributed by atoms with E-state index in [2.05, 4.69) is 37.8 Å². The van der Waals surface area contributed by atoms with E-state index in [9.17, 15) is 0 Å². The Kier molecular flexibility index (Phi) is 6.78. The monoisotopic (exact) mass is 245 g/mol. The minimum atomic E-state index is 0.439. The second kappa shape index (κ2) is 7.57. The Morgan fingerprint density at radius 3 is 2.56 bits per heavy atom.